The summed E-state index contributed by atoms with van der Waals surface area (Å²) < 4.78 is 5.11. The Balaban J connectivity index is 2.26. The summed E-state index contributed by atoms with van der Waals surface area (Å²) in [7, 11) is 1.66. The molecule has 90 valence electrons. The quantitative estimate of drug-likeness (QED) is 0.728. The normalized spacial score (nSPS) is 19.2. The second kappa shape index (κ2) is 6.49. The van der Waals surface area contributed by atoms with E-state index in [2.05, 4.69) is 6.07 Å². The van der Waals surface area contributed by atoms with E-state index in [1.54, 1.807) is 7.11 Å². The average Bonchev–Trinajstić information content (AvgIpc) is 2.35. The Labute approximate surface area is 97.2 Å². The van der Waals surface area contributed by atoms with Crippen LogP contribution in [0.15, 0.2) is 0 Å². The monoisotopic (exact) mass is 224 g/mol. The molecule has 4 heteroatoms. The highest BCUT2D eigenvalue weighted by Gasteiger charge is 2.22. The van der Waals surface area contributed by atoms with E-state index in [1.165, 1.54) is 0 Å². The van der Waals surface area contributed by atoms with Gasteiger partial charge >= 0.3 is 0 Å². The van der Waals surface area contributed by atoms with E-state index in [0.29, 0.717) is 6.42 Å². The predicted octanol–water partition coefficient (Wildman–Crippen LogP) is 1.56. The fraction of sp³-hybridized carbons (Fsp3) is 0.833. The smallest absolute Gasteiger partial charge is 0.222 e. The van der Waals surface area contributed by atoms with E-state index in [0.717, 1.165) is 32.4 Å². The lowest BCUT2D eigenvalue weighted by molar-refractivity contribution is -0.133. The Hall–Kier alpha value is -1.08. The summed E-state index contributed by atoms with van der Waals surface area (Å²) in [6.07, 6.45) is 3.10. The number of amides is 1. The molecule has 0 radical (unpaired) electrons. The van der Waals surface area contributed by atoms with Gasteiger partial charge in [-0.2, -0.15) is 5.26 Å². The number of methoxy groups -OCH3 is 1. The van der Waals surface area contributed by atoms with Crippen molar-refractivity contribution in [3.63, 3.8) is 0 Å². The van der Waals surface area contributed by atoms with Crippen molar-refractivity contribution in [2.45, 2.75) is 38.7 Å². The molecule has 0 aliphatic carbocycles. The standard InChI is InChI=1S/C12H20N2O2/c1-10(16-2)3-4-12(15)14-7-5-11(9-13)6-8-14/h10-11H,3-8H2,1-2H3. The minimum absolute atomic E-state index is 0.139. The number of piperidine rings is 1. The minimum atomic E-state index is 0.139. The maximum Gasteiger partial charge on any atom is 0.222 e. The van der Waals surface area contributed by atoms with Crippen LogP contribution in [0.1, 0.15) is 32.6 Å². The molecule has 1 unspecified atom stereocenters. The zero-order chi connectivity index (χ0) is 12.0. The fourth-order valence-corrected chi connectivity index (χ4v) is 1.86. The van der Waals surface area contributed by atoms with Gasteiger partial charge in [-0.1, -0.05) is 0 Å². The summed E-state index contributed by atoms with van der Waals surface area (Å²) in [5.41, 5.74) is 0. The summed E-state index contributed by atoms with van der Waals surface area (Å²) >= 11 is 0. The van der Waals surface area contributed by atoms with Crippen LogP contribution in [0.3, 0.4) is 0 Å². The maximum atomic E-state index is 11.8. The van der Waals surface area contributed by atoms with E-state index < -0.39 is 0 Å². The highest BCUT2D eigenvalue weighted by molar-refractivity contribution is 5.76. The molecule has 0 aromatic carbocycles. The van der Waals surface area contributed by atoms with E-state index in [1.807, 2.05) is 11.8 Å². The van der Waals surface area contributed by atoms with Gasteiger partial charge in [0.1, 0.15) is 0 Å². The first-order chi connectivity index (χ1) is 7.67. The number of hydrogen-bond donors (Lipinski definition) is 0. The molecule has 1 saturated heterocycles. The van der Waals surface area contributed by atoms with Gasteiger partial charge in [-0.15, -0.1) is 0 Å². The molecule has 1 atom stereocenters. The number of likely N-dealkylation sites (tertiary alicyclic amines) is 1. The third-order valence-corrected chi connectivity index (χ3v) is 3.20. The first-order valence-corrected chi connectivity index (χ1v) is 5.87. The van der Waals surface area contributed by atoms with Crippen LogP contribution in [0, 0.1) is 17.2 Å². The van der Waals surface area contributed by atoms with Crippen molar-refractivity contribution in [1.82, 2.24) is 4.90 Å². The summed E-state index contributed by atoms with van der Waals surface area (Å²) in [6.45, 7) is 3.44. The van der Waals surface area contributed by atoms with Crippen LogP contribution in [0.25, 0.3) is 0 Å². The number of carbonyl (C=O) groups is 1. The van der Waals surface area contributed by atoms with Gasteiger partial charge in [-0.05, 0) is 26.2 Å². The van der Waals surface area contributed by atoms with E-state index in [9.17, 15) is 4.79 Å². The molecule has 0 aromatic heterocycles. The van der Waals surface area contributed by atoms with Crippen molar-refractivity contribution in [2.24, 2.45) is 5.92 Å². The van der Waals surface area contributed by atoms with Crippen molar-refractivity contribution in [2.75, 3.05) is 20.2 Å². The lowest BCUT2D eigenvalue weighted by Crippen LogP contribution is -2.38. The number of ether oxygens (including phenoxy) is 1. The lowest BCUT2D eigenvalue weighted by atomic mass is 9.98. The molecule has 1 aliphatic rings. The molecule has 16 heavy (non-hydrogen) atoms. The molecule has 4 nitrogen and oxygen atoms in total. The van der Waals surface area contributed by atoms with E-state index >= 15 is 0 Å². The largest absolute Gasteiger partial charge is 0.382 e. The number of nitriles is 1. The Morgan fingerprint density at radius 2 is 2.19 bits per heavy atom. The number of carbonyl (C=O) groups excluding carboxylic acids is 1. The van der Waals surface area contributed by atoms with Gasteiger partial charge < -0.3 is 9.64 Å². The first kappa shape index (κ1) is 13.0. The third kappa shape index (κ3) is 3.82. The topological polar surface area (TPSA) is 53.3 Å². The maximum absolute atomic E-state index is 11.8. The van der Waals surface area contributed by atoms with Crippen molar-refractivity contribution < 1.29 is 9.53 Å². The van der Waals surface area contributed by atoms with Crippen molar-refractivity contribution in [3.8, 4) is 6.07 Å². The van der Waals surface area contributed by atoms with Gasteiger partial charge in [0.25, 0.3) is 0 Å². The van der Waals surface area contributed by atoms with Gasteiger partial charge in [-0.3, -0.25) is 4.79 Å². The molecule has 1 aliphatic heterocycles. The molecular weight excluding hydrogens is 204 g/mol. The third-order valence-electron chi connectivity index (χ3n) is 3.20. The molecule has 1 amide bonds. The predicted molar refractivity (Wildman–Crippen MR) is 60.6 cm³/mol. The van der Waals surface area contributed by atoms with Crippen molar-refractivity contribution >= 4 is 5.91 Å². The SMILES string of the molecule is COC(C)CCC(=O)N1CCC(C#N)CC1. The van der Waals surface area contributed by atoms with Crippen molar-refractivity contribution in [1.29, 1.82) is 5.26 Å². The van der Waals surface area contributed by atoms with Gasteiger partial charge in [0.15, 0.2) is 0 Å². The molecule has 1 fully saturated rings. The second-order valence-corrected chi connectivity index (χ2v) is 4.37. The molecule has 0 spiro atoms. The number of rotatable bonds is 4. The minimum Gasteiger partial charge on any atom is -0.382 e. The number of hydrogen-bond acceptors (Lipinski definition) is 3. The lowest BCUT2D eigenvalue weighted by Gasteiger charge is -2.29. The summed E-state index contributed by atoms with van der Waals surface area (Å²) in [4.78, 5) is 13.7. The van der Waals surface area contributed by atoms with Crippen LogP contribution in [-0.2, 0) is 9.53 Å². The molecule has 1 heterocycles. The zero-order valence-corrected chi connectivity index (χ0v) is 10.1. The van der Waals surface area contributed by atoms with Crippen LogP contribution >= 0.6 is 0 Å². The van der Waals surface area contributed by atoms with Crippen LogP contribution in [0.2, 0.25) is 0 Å². The van der Waals surface area contributed by atoms with Crippen molar-refractivity contribution in [3.05, 3.63) is 0 Å². The molecular formula is C12H20N2O2. The molecule has 0 saturated carbocycles. The van der Waals surface area contributed by atoms with Gasteiger partial charge in [-0.25, -0.2) is 0 Å². The highest BCUT2D eigenvalue weighted by Crippen LogP contribution is 2.17. The van der Waals surface area contributed by atoms with E-state index in [-0.39, 0.29) is 17.9 Å². The van der Waals surface area contributed by atoms with Crippen LogP contribution in [0.4, 0.5) is 0 Å². The van der Waals surface area contributed by atoms with E-state index in [4.69, 9.17) is 10.00 Å². The van der Waals surface area contributed by atoms with Crippen LogP contribution in [0.5, 0.6) is 0 Å². The van der Waals surface area contributed by atoms with Gasteiger partial charge in [0, 0.05) is 32.5 Å². The molecule has 0 aromatic rings. The first-order valence-electron chi connectivity index (χ1n) is 5.87. The molecule has 1 rings (SSSR count). The second-order valence-electron chi connectivity index (χ2n) is 4.37. The fourth-order valence-electron chi connectivity index (χ4n) is 1.86. The molecule has 0 bridgehead atoms. The van der Waals surface area contributed by atoms with Crippen LogP contribution < -0.4 is 0 Å². The summed E-state index contributed by atoms with van der Waals surface area (Å²) in [6, 6.07) is 2.26. The summed E-state index contributed by atoms with van der Waals surface area (Å²) in [5.74, 6) is 0.335. The van der Waals surface area contributed by atoms with Gasteiger partial charge in [0.2, 0.25) is 5.91 Å². The van der Waals surface area contributed by atoms with Crippen LogP contribution in [-0.4, -0.2) is 37.1 Å². The Bertz CT molecular complexity index is 265. The number of nitrogens with zero attached hydrogens (tertiary/aromatic N) is 2. The zero-order valence-electron chi connectivity index (χ0n) is 10.1. The summed E-state index contributed by atoms with van der Waals surface area (Å²) in [5, 5.41) is 8.75. The highest BCUT2D eigenvalue weighted by atomic mass is 16.5. The Kier molecular flexibility index (Phi) is 5.27. The molecule has 0 N–H and O–H groups in total. The average molecular weight is 224 g/mol. The van der Waals surface area contributed by atoms with Gasteiger partial charge in [0.05, 0.1) is 12.2 Å². The Morgan fingerprint density at radius 1 is 1.56 bits per heavy atom. The Morgan fingerprint density at radius 3 is 2.69 bits per heavy atom.